The Bertz CT molecular complexity index is 386. The average molecular weight is 319 g/mol. The number of hydrogen-bond acceptors (Lipinski definition) is 2. The standard InChI is InChI=1S/C13H17BrClNO/c14-10-7-9(5-6-11(10)15)8-16-12-3-1-2-4-13(12)17/h5-7,12-13,16-17H,1-4,8H2. The quantitative estimate of drug-likeness (QED) is 0.894. The third-order valence-electron chi connectivity index (χ3n) is 3.28. The van der Waals surface area contributed by atoms with E-state index in [9.17, 15) is 5.11 Å². The van der Waals surface area contributed by atoms with Crippen molar-refractivity contribution in [1.29, 1.82) is 0 Å². The van der Waals surface area contributed by atoms with Gasteiger partial charge in [-0.3, -0.25) is 0 Å². The largest absolute Gasteiger partial charge is 0.392 e. The Labute approximate surface area is 115 Å². The summed E-state index contributed by atoms with van der Waals surface area (Å²) in [5.74, 6) is 0. The van der Waals surface area contributed by atoms with Crippen molar-refractivity contribution in [3.63, 3.8) is 0 Å². The minimum absolute atomic E-state index is 0.195. The predicted molar refractivity (Wildman–Crippen MR) is 74.3 cm³/mol. The molecule has 4 heteroatoms. The van der Waals surface area contributed by atoms with Crippen LogP contribution < -0.4 is 5.32 Å². The second kappa shape index (κ2) is 6.19. The molecule has 0 aliphatic heterocycles. The zero-order valence-corrected chi connectivity index (χ0v) is 12.0. The van der Waals surface area contributed by atoms with Crippen LogP contribution in [0.15, 0.2) is 22.7 Å². The van der Waals surface area contributed by atoms with Crippen molar-refractivity contribution in [3.05, 3.63) is 33.3 Å². The molecule has 2 N–H and O–H groups in total. The van der Waals surface area contributed by atoms with E-state index in [4.69, 9.17) is 11.6 Å². The molecule has 94 valence electrons. The Balaban J connectivity index is 1.90. The van der Waals surface area contributed by atoms with Crippen LogP contribution in [0.1, 0.15) is 31.2 Å². The maximum absolute atomic E-state index is 9.85. The zero-order chi connectivity index (χ0) is 12.3. The lowest BCUT2D eigenvalue weighted by atomic mass is 9.92. The Hall–Kier alpha value is -0.0900. The van der Waals surface area contributed by atoms with Crippen molar-refractivity contribution in [2.45, 2.75) is 44.4 Å². The van der Waals surface area contributed by atoms with Crippen LogP contribution in [0.5, 0.6) is 0 Å². The molecular formula is C13H17BrClNO. The lowest BCUT2D eigenvalue weighted by Crippen LogP contribution is -2.41. The third-order valence-corrected chi connectivity index (χ3v) is 4.50. The van der Waals surface area contributed by atoms with Gasteiger partial charge in [-0.1, -0.05) is 30.5 Å². The van der Waals surface area contributed by atoms with Crippen LogP contribution in [0, 0.1) is 0 Å². The second-order valence-corrected chi connectivity index (χ2v) is 5.85. The van der Waals surface area contributed by atoms with E-state index in [0.29, 0.717) is 0 Å². The summed E-state index contributed by atoms with van der Waals surface area (Å²) < 4.78 is 0.919. The number of halogens is 2. The van der Waals surface area contributed by atoms with E-state index in [1.807, 2.05) is 18.2 Å². The van der Waals surface area contributed by atoms with Crippen LogP contribution in [0.2, 0.25) is 5.02 Å². The van der Waals surface area contributed by atoms with Gasteiger partial charge in [0, 0.05) is 17.1 Å². The summed E-state index contributed by atoms with van der Waals surface area (Å²) in [4.78, 5) is 0. The molecule has 0 radical (unpaired) electrons. The molecule has 0 amide bonds. The molecule has 0 saturated heterocycles. The van der Waals surface area contributed by atoms with E-state index >= 15 is 0 Å². The van der Waals surface area contributed by atoms with E-state index < -0.39 is 0 Å². The first-order chi connectivity index (χ1) is 8.16. The zero-order valence-electron chi connectivity index (χ0n) is 9.63. The number of rotatable bonds is 3. The van der Waals surface area contributed by atoms with Crippen molar-refractivity contribution in [2.75, 3.05) is 0 Å². The summed E-state index contributed by atoms with van der Waals surface area (Å²) in [6, 6.07) is 6.15. The summed E-state index contributed by atoms with van der Waals surface area (Å²) in [6.07, 6.45) is 4.14. The molecule has 0 heterocycles. The molecule has 1 saturated carbocycles. The van der Waals surface area contributed by atoms with Crippen LogP contribution in [0.3, 0.4) is 0 Å². The van der Waals surface area contributed by atoms with Gasteiger partial charge in [0.25, 0.3) is 0 Å². The normalized spacial score (nSPS) is 24.9. The molecule has 1 aliphatic rings. The topological polar surface area (TPSA) is 32.3 Å². The van der Waals surface area contributed by atoms with Gasteiger partial charge in [0.05, 0.1) is 11.1 Å². The minimum Gasteiger partial charge on any atom is -0.392 e. The lowest BCUT2D eigenvalue weighted by molar-refractivity contribution is 0.0902. The molecule has 0 bridgehead atoms. The molecule has 1 aliphatic carbocycles. The third kappa shape index (κ3) is 3.68. The smallest absolute Gasteiger partial charge is 0.0693 e. The molecule has 2 nitrogen and oxygen atoms in total. The van der Waals surface area contributed by atoms with Crippen LogP contribution in [-0.2, 0) is 6.54 Å². The molecule has 2 atom stereocenters. The molecule has 1 aromatic carbocycles. The summed E-state index contributed by atoms with van der Waals surface area (Å²) >= 11 is 9.36. The van der Waals surface area contributed by atoms with Gasteiger partial charge in [-0.2, -0.15) is 0 Å². The molecular weight excluding hydrogens is 302 g/mol. The van der Waals surface area contributed by atoms with Gasteiger partial charge in [-0.05, 0) is 46.5 Å². The van der Waals surface area contributed by atoms with Crippen molar-refractivity contribution >= 4 is 27.5 Å². The fourth-order valence-electron chi connectivity index (χ4n) is 2.25. The highest BCUT2D eigenvalue weighted by Crippen LogP contribution is 2.24. The molecule has 0 spiro atoms. The summed E-state index contributed by atoms with van der Waals surface area (Å²) in [6.45, 7) is 0.775. The van der Waals surface area contributed by atoms with E-state index in [1.165, 1.54) is 12.0 Å². The maximum atomic E-state index is 9.85. The number of nitrogens with one attached hydrogen (secondary N) is 1. The number of benzene rings is 1. The molecule has 2 rings (SSSR count). The SMILES string of the molecule is OC1CCCCC1NCc1ccc(Cl)c(Br)c1. The maximum Gasteiger partial charge on any atom is 0.0693 e. The Kier molecular flexibility index (Phi) is 4.86. The van der Waals surface area contributed by atoms with Crippen molar-refractivity contribution in [2.24, 2.45) is 0 Å². The van der Waals surface area contributed by atoms with Gasteiger partial charge < -0.3 is 10.4 Å². The molecule has 17 heavy (non-hydrogen) atoms. The molecule has 0 aromatic heterocycles. The van der Waals surface area contributed by atoms with Crippen LogP contribution in [0.25, 0.3) is 0 Å². The van der Waals surface area contributed by atoms with Gasteiger partial charge in [0.1, 0.15) is 0 Å². The van der Waals surface area contributed by atoms with Crippen molar-refractivity contribution < 1.29 is 5.11 Å². The first-order valence-electron chi connectivity index (χ1n) is 6.02. The highest BCUT2D eigenvalue weighted by Gasteiger charge is 2.22. The fraction of sp³-hybridized carbons (Fsp3) is 0.538. The van der Waals surface area contributed by atoms with Crippen molar-refractivity contribution in [1.82, 2.24) is 5.32 Å². The van der Waals surface area contributed by atoms with E-state index in [0.717, 1.165) is 35.3 Å². The highest BCUT2D eigenvalue weighted by molar-refractivity contribution is 9.10. The first kappa shape index (κ1) is 13.3. The Morgan fingerprint density at radius 2 is 2.12 bits per heavy atom. The number of hydrogen-bond donors (Lipinski definition) is 2. The summed E-state index contributed by atoms with van der Waals surface area (Å²) in [7, 11) is 0. The number of aliphatic hydroxyl groups excluding tert-OH is 1. The Morgan fingerprint density at radius 1 is 1.35 bits per heavy atom. The predicted octanol–water partition coefficient (Wildman–Crippen LogP) is 3.50. The van der Waals surface area contributed by atoms with Crippen molar-refractivity contribution in [3.8, 4) is 0 Å². The average Bonchev–Trinajstić information content (AvgIpc) is 2.32. The van der Waals surface area contributed by atoms with E-state index in [1.54, 1.807) is 0 Å². The van der Waals surface area contributed by atoms with Crippen LogP contribution in [-0.4, -0.2) is 17.3 Å². The first-order valence-corrected chi connectivity index (χ1v) is 7.19. The number of aliphatic hydroxyl groups is 1. The van der Waals surface area contributed by atoms with Gasteiger partial charge in [0.15, 0.2) is 0 Å². The molecule has 2 unspecified atom stereocenters. The summed E-state index contributed by atoms with van der Waals surface area (Å²) in [5, 5.41) is 14.0. The summed E-state index contributed by atoms with van der Waals surface area (Å²) in [5.41, 5.74) is 1.18. The Morgan fingerprint density at radius 3 is 2.82 bits per heavy atom. The molecule has 1 fully saturated rings. The second-order valence-electron chi connectivity index (χ2n) is 4.59. The fourth-order valence-corrected chi connectivity index (χ4v) is 2.79. The van der Waals surface area contributed by atoms with E-state index in [2.05, 4.69) is 21.2 Å². The highest BCUT2D eigenvalue weighted by atomic mass is 79.9. The van der Waals surface area contributed by atoms with E-state index in [-0.39, 0.29) is 12.1 Å². The lowest BCUT2D eigenvalue weighted by Gasteiger charge is -2.28. The van der Waals surface area contributed by atoms with Gasteiger partial charge >= 0.3 is 0 Å². The van der Waals surface area contributed by atoms with Crippen LogP contribution >= 0.6 is 27.5 Å². The van der Waals surface area contributed by atoms with Crippen LogP contribution in [0.4, 0.5) is 0 Å². The molecule has 1 aromatic rings. The minimum atomic E-state index is -0.195. The van der Waals surface area contributed by atoms with Gasteiger partial charge in [-0.15, -0.1) is 0 Å². The monoisotopic (exact) mass is 317 g/mol. The van der Waals surface area contributed by atoms with Gasteiger partial charge in [0.2, 0.25) is 0 Å². The van der Waals surface area contributed by atoms with Gasteiger partial charge in [-0.25, -0.2) is 0 Å².